The fraction of sp³-hybridized carbons (Fsp3) is 0.625. The lowest BCUT2D eigenvalue weighted by atomic mass is 9.81. The fourth-order valence-corrected chi connectivity index (χ4v) is 5.89. The van der Waals surface area contributed by atoms with Gasteiger partial charge in [0.15, 0.2) is 17.5 Å². The summed E-state index contributed by atoms with van der Waals surface area (Å²) in [6.07, 6.45) is -2.27. The Labute approximate surface area is 246 Å². The van der Waals surface area contributed by atoms with Crippen LogP contribution < -0.4 is 4.74 Å². The van der Waals surface area contributed by atoms with Gasteiger partial charge < -0.3 is 14.2 Å². The van der Waals surface area contributed by atoms with Crippen molar-refractivity contribution in [1.82, 2.24) is 0 Å². The van der Waals surface area contributed by atoms with Gasteiger partial charge in [-0.15, -0.1) is 0 Å². The number of alkyl halides is 4. The van der Waals surface area contributed by atoms with Crippen LogP contribution in [0.15, 0.2) is 30.3 Å². The third-order valence-corrected chi connectivity index (χ3v) is 8.45. The van der Waals surface area contributed by atoms with Crippen LogP contribution in [0.5, 0.6) is 5.75 Å². The third kappa shape index (κ3) is 9.06. The minimum Gasteiger partial charge on any atom is -0.432 e. The molecule has 0 aliphatic heterocycles. The van der Waals surface area contributed by atoms with Crippen molar-refractivity contribution < 1.29 is 49.3 Å². The summed E-state index contributed by atoms with van der Waals surface area (Å²) < 4.78 is 129. The smallest absolute Gasteiger partial charge is 0.400 e. The van der Waals surface area contributed by atoms with E-state index in [4.69, 9.17) is 9.47 Å². The van der Waals surface area contributed by atoms with E-state index in [1.165, 1.54) is 6.07 Å². The molecule has 0 bridgehead atoms. The number of ether oxygens (including phenoxy) is 3. The summed E-state index contributed by atoms with van der Waals surface area (Å²) in [5, 5.41) is 0. The summed E-state index contributed by atoms with van der Waals surface area (Å²) in [5.74, 6) is -7.92. The van der Waals surface area contributed by atoms with E-state index in [-0.39, 0.29) is 24.9 Å². The lowest BCUT2D eigenvalue weighted by Crippen LogP contribution is -2.38. The molecule has 4 rings (SSSR count). The Morgan fingerprint density at radius 1 is 0.744 bits per heavy atom. The van der Waals surface area contributed by atoms with Gasteiger partial charge >= 0.3 is 12.2 Å². The second-order valence-corrected chi connectivity index (χ2v) is 11.7. The molecule has 0 heterocycles. The highest BCUT2D eigenvalue weighted by Crippen LogP contribution is 2.41. The molecule has 0 spiro atoms. The van der Waals surface area contributed by atoms with Crippen LogP contribution in [0, 0.1) is 35.1 Å². The monoisotopic (exact) mass is 622 g/mol. The van der Waals surface area contributed by atoms with E-state index < -0.39 is 58.8 Å². The predicted molar refractivity (Wildman–Crippen MR) is 144 cm³/mol. The van der Waals surface area contributed by atoms with Crippen LogP contribution in [-0.4, -0.2) is 24.9 Å². The minimum atomic E-state index is -3.76. The molecular formula is C32H38F8O3. The first-order valence-electron chi connectivity index (χ1n) is 15.1. The molecule has 2 aliphatic rings. The first kappa shape index (κ1) is 33.5. The summed E-state index contributed by atoms with van der Waals surface area (Å²) in [4.78, 5) is 0. The maximum atomic E-state index is 14.8. The molecule has 0 unspecified atom stereocenters. The predicted octanol–water partition coefficient (Wildman–Crippen LogP) is 9.85. The average molecular weight is 623 g/mol. The number of rotatable bonds is 13. The minimum absolute atomic E-state index is 0.0130. The number of benzene rings is 2. The maximum Gasteiger partial charge on any atom is 0.400 e. The van der Waals surface area contributed by atoms with Crippen LogP contribution >= 0.6 is 0 Å². The molecule has 2 saturated carbocycles. The molecule has 0 N–H and O–H groups in total. The second kappa shape index (κ2) is 14.6. The molecule has 0 atom stereocenters. The van der Waals surface area contributed by atoms with Gasteiger partial charge in [0.05, 0.1) is 23.7 Å². The molecule has 11 heteroatoms. The number of aryl methyl sites for hydroxylation is 1. The Kier molecular flexibility index (Phi) is 11.4. The summed E-state index contributed by atoms with van der Waals surface area (Å²) in [7, 11) is 0. The van der Waals surface area contributed by atoms with Crippen molar-refractivity contribution in [2.45, 2.75) is 108 Å². The van der Waals surface area contributed by atoms with E-state index in [2.05, 4.69) is 4.74 Å². The quantitative estimate of drug-likeness (QED) is 0.126. The Balaban J connectivity index is 1.17. The molecule has 2 aromatic rings. The number of hydrogen-bond acceptors (Lipinski definition) is 3. The molecule has 3 nitrogen and oxygen atoms in total. The normalized spacial score (nSPS) is 23.4. The van der Waals surface area contributed by atoms with Gasteiger partial charge in [-0.1, -0.05) is 25.8 Å². The van der Waals surface area contributed by atoms with Crippen molar-refractivity contribution in [3.05, 3.63) is 64.7 Å². The Bertz CT molecular complexity index is 1170. The molecule has 2 aliphatic carbocycles. The van der Waals surface area contributed by atoms with Gasteiger partial charge in [-0.2, -0.15) is 17.6 Å². The number of halogens is 8. The topological polar surface area (TPSA) is 27.7 Å². The highest BCUT2D eigenvalue weighted by Gasteiger charge is 2.44. The van der Waals surface area contributed by atoms with E-state index in [9.17, 15) is 35.1 Å². The zero-order chi connectivity index (χ0) is 31.2. The van der Waals surface area contributed by atoms with Crippen LogP contribution in [0.3, 0.4) is 0 Å². The summed E-state index contributed by atoms with van der Waals surface area (Å²) in [5.41, 5.74) is -0.0919. The Morgan fingerprint density at radius 3 is 1.98 bits per heavy atom. The van der Waals surface area contributed by atoms with Gasteiger partial charge in [-0.25, -0.2) is 17.6 Å². The van der Waals surface area contributed by atoms with E-state index in [0.717, 1.165) is 31.4 Å². The van der Waals surface area contributed by atoms with Crippen LogP contribution in [0.2, 0.25) is 0 Å². The standard InChI is InChI=1S/C32H38F8O3/c1-2-3-4-5-20-8-15-26(27(33)16-20)32(39,40)42-24-13-11-23(12-14-24)41-19-21-6-9-22(10-7-21)31(37,38)43-25-17-28(34)30(36)29(35)18-25/h8,15-18,21-24H,2-7,9-14,19H2,1H3. The molecule has 0 aromatic heterocycles. The van der Waals surface area contributed by atoms with Gasteiger partial charge in [0, 0.05) is 18.7 Å². The Morgan fingerprint density at radius 2 is 1.37 bits per heavy atom. The lowest BCUT2D eigenvalue weighted by molar-refractivity contribution is -0.280. The Hall–Kier alpha value is -2.40. The summed E-state index contributed by atoms with van der Waals surface area (Å²) >= 11 is 0. The molecule has 2 fully saturated rings. The van der Waals surface area contributed by atoms with Crippen molar-refractivity contribution in [3.63, 3.8) is 0 Å². The zero-order valence-electron chi connectivity index (χ0n) is 24.1. The van der Waals surface area contributed by atoms with E-state index in [1.807, 2.05) is 6.92 Å². The van der Waals surface area contributed by atoms with Gasteiger partial charge in [0.1, 0.15) is 11.6 Å². The van der Waals surface area contributed by atoms with Crippen LogP contribution in [0.1, 0.15) is 88.7 Å². The van der Waals surface area contributed by atoms with Gasteiger partial charge in [0.2, 0.25) is 0 Å². The van der Waals surface area contributed by atoms with Gasteiger partial charge in [-0.3, -0.25) is 0 Å². The molecule has 2 aromatic carbocycles. The largest absolute Gasteiger partial charge is 0.432 e. The third-order valence-electron chi connectivity index (χ3n) is 8.45. The highest BCUT2D eigenvalue weighted by atomic mass is 19.3. The SMILES string of the molecule is CCCCCc1ccc(C(F)(F)OC2CCC(OCC3CCC(C(F)(F)Oc4cc(F)c(F)c(F)c4)CC3)CC2)c(F)c1. The molecule has 0 amide bonds. The van der Waals surface area contributed by atoms with Gasteiger partial charge in [-0.05, 0) is 87.8 Å². The lowest BCUT2D eigenvalue weighted by Gasteiger charge is -2.35. The van der Waals surface area contributed by atoms with Gasteiger partial charge in [0.25, 0.3) is 0 Å². The van der Waals surface area contributed by atoms with Crippen LogP contribution in [0.25, 0.3) is 0 Å². The van der Waals surface area contributed by atoms with Crippen molar-refractivity contribution in [2.24, 2.45) is 11.8 Å². The van der Waals surface area contributed by atoms with Crippen molar-refractivity contribution in [3.8, 4) is 5.75 Å². The van der Waals surface area contributed by atoms with Crippen molar-refractivity contribution in [2.75, 3.05) is 6.61 Å². The summed E-state index contributed by atoms with van der Waals surface area (Å²) in [6.45, 7) is 2.38. The second-order valence-electron chi connectivity index (χ2n) is 11.7. The first-order chi connectivity index (χ1) is 20.4. The average Bonchev–Trinajstić information content (AvgIpc) is 2.95. The summed E-state index contributed by atoms with van der Waals surface area (Å²) in [6, 6.07) is 4.55. The highest BCUT2D eigenvalue weighted by molar-refractivity contribution is 5.27. The van der Waals surface area contributed by atoms with E-state index in [1.54, 1.807) is 0 Å². The molecule has 0 saturated heterocycles. The molecule has 43 heavy (non-hydrogen) atoms. The number of hydrogen-bond donors (Lipinski definition) is 0. The maximum absolute atomic E-state index is 14.8. The van der Waals surface area contributed by atoms with Crippen LogP contribution in [0.4, 0.5) is 35.1 Å². The van der Waals surface area contributed by atoms with E-state index in [0.29, 0.717) is 69.2 Å². The first-order valence-corrected chi connectivity index (χ1v) is 15.1. The number of unbranched alkanes of at least 4 members (excludes halogenated alkanes) is 2. The van der Waals surface area contributed by atoms with Crippen molar-refractivity contribution >= 4 is 0 Å². The van der Waals surface area contributed by atoms with Crippen molar-refractivity contribution in [1.29, 1.82) is 0 Å². The van der Waals surface area contributed by atoms with E-state index >= 15 is 0 Å². The molecular weight excluding hydrogens is 584 g/mol. The molecule has 0 radical (unpaired) electrons. The fourth-order valence-electron chi connectivity index (χ4n) is 5.89. The van der Waals surface area contributed by atoms with Crippen LogP contribution in [-0.2, 0) is 22.0 Å². The zero-order valence-corrected chi connectivity index (χ0v) is 24.1. The molecule has 240 valence electrons.